The van der Waals surface area contributed by atoms with Gasteiger partial charge in [0.05, 0.1) is 26.2 Å². The lowest BCUT2D eigenvalue weighted by Gasteiger charge is -2.34. The maximum absolute atomic E-state index is 14.2. The largest absolute Gasteiger partial charge is 0.497 e. The Kier molecular flexibility index (Phi) is 11.3. The summed E-state index contributed by atoms with van der Waals surface area (Å²) in [6.07, 6.45) is 1.84. The lowest BCUT2D eigenvalue weighted by atomic mass is 10.0. The van der Waals surface area contributed by atoms with Crippen molar-refractivity contribution in [2.75, 3.05) is 31.3 Å². The van der Waals surface area contributed by atoms with Gasteiger partial charge in [0.2, 0.25) is 21.8 Å². The first-order valence-corrected chi connectivity index (χ1v) is 15.4. The number of benzene rings is 3. The van der Waals surface area contributed by atoms with Crippen molar-refractivity contribution in [2.45, 2.75) is 45.3 Å². The quantitative estimate of drug-likeness (QED) is 0.298. The predicted molar refractivity (Wildman–Crippen MR) is 161 cm³/mol. The molecule has 0 spiro atoms. The maximum atomic E-state index is 14.2. The standard InChI is InChI=1S/C31H38FN3O6S/c1-6-22(2)33-31(37)28(18-23-10-8-7-9-11-23)34(20-24-12-14-25(32)15-13-24)30(36)21-35(42(5,38)39)27-19-26(40-3)16-17-29(27)41-4/h7-17,19,22,28H,6,18,20-21H2,1-5H3,(H,33,37)/t22-,28-/m1/s1. The van der Waals surface area contributed by atoms with Gasteiger partial charge in [-0.25, -0.2) is 12.8 Å². The molecular formula is C31H38FN3O6S. The molecule has 3 aromatic carbocycles. The molecule has 3 rings (SSSR count). The minimum absolute atomic E-state index is 0.0581. The zero-order valence-corrected chi connectivity index (χ0v) is 25.4. The number of anilines is 1. The molecule has 0 radical (unpaired) electrons. The highest BCUT2D eigenvalue weighted by Gasteiger charge is 2.34. The molecule has 0 saturated heterocycles. The third kappa shape index (κ3) is 8.69. The summed E-state index contributed by atoms with van der Waals surface area (Å²) in [7, 11) is -1.18. The van der Waals surface area contributed by atoms with Gasteiger partial charge < -0.3 is 19.7 Å². The average molecular weight is 600 g/mol. The van der Waals surface area contributed by atoms with Crippen LogP contribution in [-0.4, -0.2) is 64.2 Å². The fourth-order valence-electron chi connectivity index (χ4n) is 4.37. The molecule has 42 heavy (non-hydrogen) atoms. The van der Waals surface area contributed by atoms with Crippen LogP contribution in [0.1, 0.15) is 31.4 Å². The minimum atomic E-state index is -4.01. The van der Waals surface area contributed by atoms with Gasteiger partial charge in [-0.15, -0.1) is 0 Å². The highest BCUT2D eigenvalue weighted by Crippen LogP contribution is 2.34. The Balaban J connectivity index is 2.11. The Morgan fingerprint density at radius 3 is 2.19 bits per heavy atom. The van der Waals surface area contributed by atoms with Crippen molar-refractivity contribution in [1.82, 2.24) is 10.2 Å². The van der Waals surface area contributed by atoms with Crippen molar-refractivity contribution in [3.05, 3.63) is 89.7 Å². The summed E-state index contributed by atoms with van der Waals surface area (Å²) in [5.41, 5.74) is 1.50. The number of nitrogens with zero attached hydrogens (tertiary/aromatic N) is 2. The van der Waals surface area contributed by atoms with Crippen LogP contribution >= 0.6 is 0 Å². The maximum Gasteiger partial charge on any atom is 0.244 e. The number of nitrogens with one attached hydrogen (secondary N) is 1. The zero-order chi connectivity index (χ0) is 30.9. The minimum Gasteiger partial charge on any atom is -0.497 e. The van der Waals surface area contributed by atoms with Gasteiger partial charge in [-0.05, 0) is 48.7 Å². The molecule has 11 heteroatoms. The third-order valence-corrected chi connectivity index (χ3v) is 8.00. The Morgan fingerprint density at radius 2 is 1.62 bits per heavy atom. The first-order valence-electron chi connectivity index (χ1n) is 13.5. The van der Waals surface area contributed by atoms with E-state index in [1.54, 1.807) is 12.1 Å². The number of rotatable bonds is 14. The summed E-state index contributed by atoms with van der Waals surface area (Å²) in [6.45, 7) is 3.12. The van der Waals surface area contributed by atoms with Crippen LogP contribution in [0, 0.1) is 5.82 Å². The second kappa shape index (κ2) is 14.7. The van der Waals surface area contributed by atoms with Crippen molar-refractivity contribution in [2.24, 2.45) is 0 Å². The van der Waals surface area contributed by atoms with E-state index in [2.05, 4.69) is 5.32 Å². The van der Waals surface area contributed by atoms with E-state index in [-0.39, 0.29) is 36.4 Å². The summed E-state index contributed by atoms with van der Waals surface area (Å²) < 4.78 is 51.5. The summed E-state index contributed by atoms with van der Waals surface area (Å²) in [5, 5.41) is 2.97. The lowest BCUT2D eigenvalue weighted by molar-refractivity contribution is -0.140. The van der Waals surface area contributed by atoms with Gasteiger partial charge in [-0.1, -0.05) is 49.4 Å². The summed E-state index contributed by atoms with van der Waals surface area (Å²) in [6, 6.07) is 18.3. The number of hydrogen-bond acceptors (Lipinski definition) is 6. The topological polar surface area (TPSA) is 105 Å². The average Bonchev–Trinajstić information content (AvgIpc) is 2.97. The first-order chi connectivity index (χ1) is 20.0. The van der Waals surface area contributed by atoms with Crippen LogP contribution < -0.4 is 19.1 Å². The monoisotopic (exact) mass is 599 g/mol. The summed E-state index contributed by atoms with van der Waals surface area (Å²) in [5.74, 6) is -0.872. The van der Waals surface area contributed by atoms with E-state index in [0.717, 1.165) is 16.1 Å². The molecule has 0 aliphatic rings. The van der Waals surface area contributed by atoms with Gasteiger partial charge in [0.15, 0.2) is 0 Å². The Morgan fingerprint density at radius 1 is 0.952 bits per heavy atom. The molecule has 0 aliphatic heterocycles. The van der Waals surface area contributed by atoms with E-state index >= 15 is 0 Å². The van der Waals surface area contributed by atoms with Crippen LogP contribution in [0.25, 0.3) is 0 Å². The molecule has 0 aliphatic carbocycles. The van der Waals surface area contributed by atoms with E-state index in [9.17, 15) is 22.4 Å². The molecule has 2 atom stereocenters. The van der Waals surface area contributed by atoms with E-state index in [0.29, 0.717) is 17.7 Å². The normalized spacial score (nSPS) is 12.6. The van der Waals surface area contributed by atoms with Crippen LogP contribution in [0.2, 0.25) is 0 Å². The molecule has 0 aromatic heterocycles. The molecule has 0 saturated carbocycles. The predicted octanol–water partition coefficient (Wildman–Crippen LogP) is 4.16. The molecule has 0 fully saturated rings. The molecule has 0 bridgehead atoms. The number of carbonyl (C=O) groups is 2. The Bertz CT molecular complexity index is 1450. The lowest BCUT2D eigenvalue weighted by Crippen LogP contribution is -2.54. The number of ether oxygens (including phenoxy) is 2. The molecular weight excluding hydrogens is 561 g/mol. The van der Waals surface area contributed by atoms with E-state index in [4.69, 9.17) is 9.47 Å². The molecule has 0 heterocycles. The van der Waals surface area contributed by atoms with Gasteiger partial charge in [0.25, 0.3) is 0 Å². The van der Waals surface area contributed by atoms with Gasteiger partial charge in [0.1, 0.15) is 29.9 Å². The molecule has 3 aromatic rings. The van der Waals surface area contributed by atoms with Crippen LogP contribution in [0.4, 0.5) is 10.1 Å². The van der Waals surface area contributed by atoms with Crippen LogP contribution in [0.3, 0.4) is 0 Å². The SMILES string of the molecule is CC[C@@H](C)NC(=O)[C@@H](Cc1ccccc1)N(Cc1ccc(F)cc1)C(=O)CN(c1cc(OC)ccc1OC)S(C)(=O)=O. The van der Waals surface area contributed by atoms with Gasteiger partial charge >= 0.3 is 0 Å². The highest BCUT2D eigenvalue weighted by atomic mass is 32.2. The van der Waals surface area contributed by atoms with Crippen molar-refractivity contribution < 1.29 is 31.9 Å². The van der Waals surface area contributed by atoms with Crippen molar-refractivity contribution in [1.29, 1.82) is 0 Å². The Hall–Kier alpha value is -4.12. The number of carbonyl (C=O) groups excluding carboxylic acids is 2. The summed E-state index contributed by atoms with van der Waals surface area (Å²) >= 11 is 0. The van der Waals surface area contributed by atoms with Gasteiger partial charge in [0, 0.05) is 25.1 Å². The second-order valence-corrected chi connectivity index (χ2v) is 11.9. The highest BCUT2D eigenvalue weighted by molar-refractivity contribution is 7.92. The fraction of sp³-hybridized carbons (Fsp3) is 0.355. The van der Waals surface area contributed by atoms with Crippen LogP contribution in [0.15, 0.2) is 72.8 Å². The van der Waals surface area contributed by atoms with Gasteiger partial charge in [-0.2, -0.15) is 0 Å². The first kappa shape index (κ1) is 32.4. The third-order valence-electron chi connectivity index (χ3n) is 6.87. The van der Waals surface area contributed by atoms with Crippen molar-refractivity contribution in [3.8, 4) is 11.5 Å². The number of halogens is 1. The molecule has 226 valence electrons. The fourth-order valence-corrected chi connectivity index (χ4v) is 5.21. The summed E-state index contributed by atoms with van der Waals surface area (Å²) in [4.78, 5) is 29.2. The molecule has 0 unspecified atom stereocenters. The van der Waals surface area contributed by atoms with Crippen molar-refractivity contribution >= 4 is 27.5 Å². The van der Waals surface area contributed by atoms with Crippen LogP contribution in [-0.2, 0) is 32.6 Å². The van der Waals surface area contributed by atoms with E-state index < -0.39 is 34.3 Å². The van der Waals surface area contributed by atoms with E-state index in [1.165, 1.54) is 49.5 Å². The number of sulfonamides is 1. The Labute approximate surface area is 247 Å². The van der Waals surface area contributed by atoms with Gasteiger partial charge in [-0.3, -0.25) is 13.9 Å². The number of methoxy groups -OCH3 is 2. The van der Waals surface area contributed by atoms with Crippen LogP contribution in [0.5, 0.6) is 11.5 Å². The zero-order valence-electron chi connectivity index (χ0n) is 24.5. The molecule has 1 N–H and O–H groups in total. The number of amides is 2. The molecule has 2 amide bonds. The van der Waals surface area contributed by atoms with E-state index in [1.807, 2.05) is 44.2 Å². The second-order valence-electron chi connectivity index (χ2n) is 9.98. The van der Waals surface area contributed by atoms with Crippen molar-refractivity contribution in [3.63, 3.8) is 0 Å². The number of hydrogen-bond donors (Lipinski definition) is 1. The smallest absolute Gasteiger partial charge is 0.244 e. The molecule has 9 nitrogen and oxygen atoms in total.